The Kier molecular flexibility index (Phi) is 3.44. The number of aromatic nitrogens is 1. The normalized spacial score (nSPS) is 10.2. The molecule has 1 heterocycles. The smallest absolute Gasteiger partial charge is 0.323 e. The summed E-state index contributed by atoms with van der Waals surface area (Å²) in [7, 11) is 1.03. The zero-order valence-electron chi connectivity index (χ0n) is 8.02. The maximum Gasteiger partial charge on any atom is 0.323 e. The van der Waals surface area contributed by atoms with Crippen LogP contribution in [0.1, 0.15) is 22.5 Å². The Morgan fingerprint density at radius 1 is 1.62 bits per heavy atom. The van der Waals surface area contributed by atoms with Gasteiger partial charge in [0.2, 0.25) is 5.75 Å². The molecule has 16 heavy (non-hydrogen) atoms. The standard InChI is InChI=1S/C8H6F2N2O4/c1-16-7-5(3-13)11-2-4(8(9)10)6(7)12(14)15/h2-3,8H,1H3. The van der Waals surface area contributed by atoms with Crippen molar-refractivity contribution in [1.29, 1.82) is 0 Å². The number of hydrogen-bond donors (Lipinski definition) is 0. The van der Waals surface area contributed by atoms with E-state index in [2.05, 4.69) is 9.72 Å². The van der Waals surface area contributed by atoms with E-state index in [1.165, 1.54) is 0 Å². The van der Waals surface area contributed by atoms with Crippen molar-refractivity contribution in [2.75, 3.05) is 7.11 Å². The van der Waals surface area contributed by atoms with Gasteiger partial charge in [-0.15, -0.1) is 0 Å². The van der Waals surface area contributed by atoms with Gasteiger partial charge >= 0.3 is 5.69 Å². The minimum absolute atomic E-state index is 0.196. The molecular weight excluding hydrogens is 226 g/mol. The first kappa shape index (κ1) is 12.0. The number of methoxy groups -OCH3 is 1. The van der Waals surface area contributed by atoms with Crippen LogP contribution in [0.15, 0.2) is 6.20 Å². The van der Waals surface area contributed by atoms with Crippen molar-refractivity contribution in [3.63, 3.8) is 0 Å². The van der Waals surface area contributed by atoms with Crippen LogP contribution in [0.4, 0.5) is 14.5 Å². The molecule has 1 aromatic heterocycles. The Bertz CT molecular complexity index is 436. The summed E-state index contributed by atoms with van der Waals surface area (Å²) in [5, 5.41) is 10.6. The summed E-state index contributed by atoms with van der Waals surface area (Å²) in [6.07, 6.45) is -2.28. The van der Waals surface area contributed by atoms with Crippen LogP contribution in [0.25, 0.3) is 0 Å². The van der Waals surface area contributed by atoms with E-state index in [1.54, 1.807) is 0 Å². The predicted molar refractivity (Wildman–Crippen MR) is 47.8 cm³/mol. The van der Waals surface area contributed by atoms with Gasteiger partial charge in [0, 0.05) is 6.20 Å². The molecule has 0 spiro atoms. The zero-order chi connectivity index (χ0) is 12.3. The number of halogens is 2. The van der Waals surface area contributed by atoms with Crippen molar-refractivity contribution >= 4 is 12.0 Å². The number of pyridine rings is 1. The number of aldehydes is 1. The van der Waals surface area contributed by atoms with Crippen molar-refractivity contribution in [2.45, 2.75) is 6.43 Å². The topological polar surface area (TPSA) is 82.3 Å². The van der Waals surface area contributed by atoms with E-state index < -0.39 is 34.0 Å². The second kappa shape index (κ2) is 4.60. The number of nitrogens with zero attached hydrogens (tertiary/aromatic N) is 2. The number of hydrogen-bond acceptors (Lipinski definition) is 5. The lowest BCUT2D eigenvalue weighted by Crippen LogP contribution is -2.04. The van der Waals surface area contributed by atoms with Gasteiger partial charge in [-0.05, 0) is 0 Å². The zero-order valence-corrected chi connectivity index (χ0v) is 8.02. The number of carbonyl (C=O) groups is 1. The van der Waals surface area contributed by atoms with Crippen molar-refractivity contribution in [2.24, 2.45) is 0 Å². The largest absolute Gasteiger partial charge is 0.489 e. The van der Waals surface area contributed by atoms with Crippen LogP contribution < -0.4 is 4.74 Å². The third-order valence-electron chi connectivity index (χ3n) is 1.80. The molecule has 0 aliphatic rings. The molecule has 0 saturated heterocycles. The van der Waals surface area contributed by atoms with Crippen LogP contribution in [0.3, 0.4) is 0 Å². The molecule has 6 nitrogen and oxygen atoms in total. The van der Waals surface area contributed by atoms with E-state index in [0.717, 1.165) is 7.11 Å². The van der Waals surface area contributed by atoms with Crippen molar-refractivity contribution in [3.05, 3.63) is 27.6 Å². The van der Waals surface area contributed by atoms with Gasteiger partial charge in [-0.1, -0.05) is 0 Å². The fourth-order valence-corrected chi connectivity index (χ4v) is 1.14. The lowest BCUT2D eigenvalue weighted by Gasteiger charge is -2.07. The molecule has 8 heteroatoms. The molecule has 0 saturated carbocycles. The first-order valence-corrected chi connectivity index (χ1v) is 3.97. The van der Waals surface area contributed by atoms with Crippen LogP contribution in [-0.2, 0) is 0 Å². The lowest BCUT2D eigenvalue weighted by atomic mass is 10.2. The van der Waals surface area contributed by atoms with Gasteiger partial charge in [-0.3, -0.25) is 14.9 Å². The Labute approximate surface area is 88.0 Å². The summed E-state index contributed by atoms with van der Waals surface area (Å²) < 4.78 is 29.5. The van der Waals surface area contributed by atoms with E-state index >= 15 is 0 Å². The summed E-state index contributed by atoms with van der Waals surface area (Å²) in [6, 6.07) is 0. The van der Waals surface area contributed by atoms with E-state index in [9.17, 15) is 23.7 Å². The summed E-state index contributed by atoms with van der Waals surface area (Å²) in [5.41, 5.74) is -2.21. The summed E-state index contributed by atoms with van der Waals surface area (Å²) in [6.45, 7) is 0. The van der Waals surface area contributed by atoms with Crippen LogP contribution in [0.5, 0.6) is 5.75 Å². The highest BCUT2D eigenvalue weighted by Gasteiger charge is 2.29. The minimum Gasteiger partial charge on any atom is -0.489 e. The summed E-state index contributed by atoms with van der Waals surface area (Å²) in [5.74, 6) is -0.558. The van der Waals surface area contributed by atoms with E-state index in [-0.39, 0.29) is 6.29 Å². The lowest BCUT2D eigenvalue weighted by molar-refractivity contribution is -0.387. The highest BCUT2D eigenvalue weighted by Crippen LogP contribution is 2.37. The molecular formula is C8H6F2N2O4. The van der Waals surface area contributed by atoms with E-state index in [1.807, 2.05) is 0 Å². The van der Waals surface area contributed by atoms with Gasteiger partial charge in [0.1, 0.15) is 5.56 Å². The number of rotatable bonds is 4. The molecule has 1 rings (SSSR count). The molecule has 0 atom stereocenters. The summed E-state index contributed by atoms with van der Waals surface area (Å²) >= 11 is 0. The van der Waals surface area contributed by atoms with E-state index in [0.29, 0.717) is 6.20 Å². The molecule has 86 valence electrons. The Balaban J connectivity index is 3.56. The molecule has 0 N–H and O–H groups in total. The second-order valence-electron chi connectivity index (χ2n) is 2.66. The maximum atomic E-state index is 12.5. The molecule has 0 aliphatic carbocycles. The molecule has 0 aliphatic heterocycles. The molecule has 0 radical (unpaired) electrons. The molecule has 0 fully saturated rings. The fourth-order valence-electron chi connectivity index (χ4n) is 1.14. The Morgan fingerprint density at radius 2 is 2.25 bits per heavy atom. The van der Waals surface area contributed by atoms with Crippen molar-refractivity contribution in [1.82, 2.24) is 4.98 Å². The van der Waals surface area contributed by atoms with Crippen molar-refractivity contribution < 1.29 is 23.2 Å². The quantitative estimate of drug-likeness (QED) is 0.448. The predicted octanol–water partition coefficient (Wildman–Crippen LogP) is 1.75. The molecule has 0 amide bonds. The number of carbonyl (C=O) groups excluding carboxylic acids is 1. The number of alkyl halides is 2. The van der Waals surface area contributed by atoms with Gasteiger partial charge in [-0.2, -0.15) is 0 Å². The Hall–Kier alpha value is -2.12. The third-order valence-corrected chi connectivity index (χ3v) is 1.80. The average Bonchev–Trinajstić information content (AvgIpc) is 2.26. The van der Waals surface area contributed by atoms with Crippen LogP contribution in [0.2, 0.25) is 0 Å². The average molecular weight is 232 g/mol. The third kappa shape index (κ3) is 1.95. The van der Waals surface area contributed by atoms with Crippen LogP contribution >= 0.6 is 0 Å². The van der Waals surface area contributed by atoms with Crippen LogP contribution in [-0.4, -0.2) is 23.3 Å². The maximum absolute atomic E-state index is 12.5. The van der Waals surface area contributed by atoms with Gasteiger partial charge in [0.05, 0.1) is 12.0 Å². The monoisotopic (exact) mass is 232 g/mol. The molecule has 1 aromatic rings. The van der Waals surface area contributed by atoms with Crippen LogP contribution in [0, 0.1) is 10.1 Å². The van der Waals surface area contributed by atoms with Gasteiger partial charge < -0.3 is 4.74 Å². The first-order valence-electron chi connectivity index (χ1n) is 3.97. The molecule has 0 unspecified atom stereocenters. The van der Waals surface area contributed by atoms with E-state index in [4.69, 9.17) is 0 Å². The SMILES string of the molecule is COc1c(C=O)ncc(C(F)F)c1[N+](=O)[O-]. The number of ether oxygens (including phenoxy) is 1. The number of nitro groups is 1. The highest BCUT2D eigenvalue weighted by atomic mass is 19.3. The van der Waals surface area contributed by atoms with Gasteiger partial charge in [0.15, 0.2) is 12.0 Å². The Morgan fingerprint density at radius 3 is 2.62 bits per heavy atom. The first-order chi connectivity index (χ1) is 7.52. The van der Waals surface area contributed by atoms with Crippen molar-refractivity contribution in [3.8, 4) is 5.75 Å². The van der Waals surface area contributed by atoms with Gasteiger partial charge in [-0.25, -0.2) is 13.8 Å². The molecule has 0 aromatic carbocycles. The summed E-state index contributed by atoms with van der Waals surface area (Å²) in [4.78, 5) is 23.4. The molecule has 0 bridgehead atoms. The fraction of sp³-hybridized carbons (Fsp3) is 0.250. The van der Waals surface area contributed by atoms with Gasteiger partial charge in [0.25, 0.3) is 6.43 Å². The highest BCUT2D eigenvalue weighted by molar-refractivity contribution is 5.80. The minimum atomic E-state index is -3.07. The second-order valence-corrected chi connectivity index (χ2v) is 2.66.